The highest BCUT2D eigenvalue weighted by atomic mass is 19.4. The highest BCUT2D eigenvalue weighted by molar-refractivity contribution is 5.72. The summed E-state index contributed by atoms with van der Waals surface area (Å²) in [6, 6.07) is 11.1. The molecule has 2 rings (SSSR count). The van der Waals surface area contributed by atoms with Gasteiger partial charge in [-0.1, -0.05) is 38.1 Å². The molecule has 0 saturated heterocycles. The molecule has 0 aliphatic carbocycles. The van der Waals surface area contributed by atoms with Crippen molar-refractivity contribution in [2.45, 2.75) is 25.9 Å². The van der Waals surface area contributed by atoms with Gasteiger partial charge in [-0.05, 0) is 40.8 Å². The van der Waals surface area contributed by atoms with E-state index in [0.717, 1.165) is 23.3 Å². The Morgan fingerprint density at radius 3 is 2.25 bits per heavy atom. The molecule has 0 atom stereocenters. The van der Waals surface area contributed by atoms with E-state index < -0.39 is 11.7 Å². The zero-order chi connectivity index (χ0) is 14.9. The number of hydrogen-bond donors (Lipinski definition) is 1. The third-order valence-electron chi connectivity index (χ3n) is 3.18. The van der Waals surface area contributed by atoms with Crippen LogP contribution in [0.1, 0.15) is 30.9 Å². The van der Waals surface area contributed by atoms with Crippen LogP contribution >= 0.6 is 0 Å². The first-order valence-electron chi connectivity index (χ1n) is 6.36. The quantitative estimate of drug-likeness (QED) is 0.762. The molecule has 2 aromatic carbocycles. The van der Waals surface area contributed by atoms with Gasteiger partial charge in [-0.15, -0.1) is 0 Å². The molecule has 0 bridgehead atoms. The topological polar surface area (TPSA) is 26.0 Å². The fourth-order valence-corrected chi connectivity index (χ4v) is 2.23. The largest absolute Gasteiger partial charge is 0.416 e. The minimum absolute atomic E-state index is 0.119. The van der Waals surface area contributed by atoms with Gasteiger partial charge in [0.25, 0.3) is 0 Å². The van der Waals surface area contributed by atoms with Gasteiger partial charge < -0.3 is 5.73 Å². The molecule has 0 spiro atoms. The SMILES string of the molecule is CC(C)c1ccccc1-c1cc(N)cc(C(F)(F)F)c1. The second-order valence-corrected chi connectivity index (χ2v) is 5.08. The second-order valence-electron chi connectivity index (χ2n) is 5.08. The molecule has 0 radical (unpaired) electrons. The molecule has 106 valence electrons. The lowest BCUT2D eigenvalue weighted by molar-refractivity contribution is -0.137. The summed E-state index contributed by atoms with van der Waals surface area (Å²) in [6.45, 7) is 4.02. The van der Waals surface area contributed by atoms with Crippen LogP contribution in [0.3, 0.4) is 0 Å². The Balaban J connectivity index is 2.62. The standard InChI is InChI=1S/C16H16F3N/c1-10(2)14-5-3-4-6-15(14)11-7-12(16(17,18)19)9-13(20)8-11/h3-10H,20H2,1-2H3. The highest BCUT2D eigenvalue weighted by Gasteiger charge is 2.31. The van der Waals surface area contributed by atoms with Gasteiger partial charge in [0.1, 0.15) is 0 Å². The van der Waals surface area contributed by atoms with E-state index in [9.17, 15) is 13.2 Å². The zero-order valence-electron chi connectivity index (χ0n) is 11.3. The third-order valence-corrected chi connectivity index (χ3v) is 3.18. The minimum atomic E-state index is -4.39. The fourth-order valence-electron chi connectivity index (χ4n) is 2.23. The maximum absolute atomic E-state index is 12.9. The first-order chi connectivity index (χ1) is 9.29. The molecule has 0 amide bonds. The van der Waals surface area contributed by atoms with Crippen LogP contribution in [0.25, 0.3) is 11.1 Å². The van der Waals surface area contributed by atoms with Crippen molar-refractivity contribution < 1.29 is 13.2 Å². The van der Waals surface area contributed by atoms with E-state index in [1.165, 1.54) is 0 Å². The summed E-state index contributed by atoms with van der Waals surface area (Å²) in [4.78, 5) is 0. The van der Waals surface area contributed by atoms with Crippen molar-refractivity contribution in [2.24, 2.45) is 0 Å². The fraction of sp³-hybridized carbons (Fsp3) is 0.250. The Kier molecular flexibility index (Phi) is 3.75. The van der Waals surface area contributed by atoms with Crippen molar-refractivity contribution in [3.63, 3.8) is 0 Å². The predicted molar refractivity (Wildman–Crippen MR) is 75.4 cm³/mol. The smallest absolute Gasteiger partial charge is 0.399 e. The Hall–Kier alpha value is -1.97. The second kappa shape index (κ2) is 5.19. The molecule has 0 aliphatic heterocycles. The monoisotopic (exact) mass is 279 g/mol. The summed E-state index contributed by atoms with van der Waals surface area (Å²) < 4.78 is 38.6. The van der Waals surface area contributed by atoms with E-state index in [0.29, 0.717) is 5.56 Å². The number of hydrogen-bond acceptors (Lipinski definition) is 1. The molecular weight excluding hydrogens is 263 g/mol. The molecule has 0 aromatic heterocycles. The van der Waals surface area contributed by atoms with Crippen LogP contribution in [0.5, 0.6) is 0 Å². The molecule has 0 unspecified atom stereocenters. The summed E-state index contributed by atoms with van der Waals surface area (Å²) >= 11 is 0. The summed E-state index contributed by atoms with van der Waals surface area (Å²) in [7, 11) is 0. The number of rotatable bonds is 2. The summed E-state index contributed by atoms with van der Waals surface area (Å²) in [6.07, 6.45) is -4.39. The normalized spacial score (nSPS) is 11.9. The van der Waals surface area contributed by atoms with Crippen LogP contribution in [-0.4, -0.2) is 0 Å². The van der Waals surface area contributed by atoms with Crippen molar-refractivity contribution in [1.82, 2.24) is 0 Å². The number of anilines is 1. The summed E-state index contributed by atoms with van der Waals surface area (Å²) in [5.41, 5.74) is 7.32. The minimum Gasteiger partial charge on any atom is -0.399 e. The van der Waals surface area contributed by atoms with Crippen LogP contribution in [-0.2, 0) is 6.18 Å². The molecular formula is C16H16F3N. The van der Waals surface area contributed by atoms with Gasteiger partial charge in [0.15, 0.2) is 0 Å². The van der Waals surface area contributed by atoms with E-state index in [2.05, 4.69) is 0 Å². The Morgan fingerprint density at radius 2 is 1.65 bits per heavy atom. The molecule has 0 heterocycles. The summed E-state index contributed by atoms with van der Waals surface area (Å²) in [5.74, 6) is 0.224. The van der Waals surface area contributed by atoms with Crippen molar-refractivity contribution in [1.29, 1.82) is 0 Å². The molecule has 2 N–H and O–H groups in total. The predicted octanol–water partition coefficient (Wildman–Crippen LogP) is 5.08. The van der Waals surface area contributed by atoms with E-state index in [1.807, 2.05) is 38.1 Å². The van der Waals surface area contributed by atoms with Crippen LogP contribution in [0.15, 0.2) is 42.5 Å². The lowest BCUT2D eigenvalue weighted by atomic mass is 9.91. The Labute approximate surface area is 116 Å². The van der Waals surface area contributed by atoms with Gasteiger partial charge in [0.05, 0.1) is 5.56 Å². The maximum atomic E-state index is 12.9. The molecule has 0 fully saturated rings. The third kappa shape index (κ3) is 2.95. The van der Waals surface area contributed by atoms with Gasteiger partial charge in [0.2, 0.25) is 0 Å². The Morgan fingerprint density at radius 1 is 1.00 bits per heavy atom. The van der Waals surface area contributed by atoms with E-state index in [1.54, 1.807) is 6.07 Å². The van der Waals surface area contributed by atoms with Crippen LogP contribution < -0.4 is 5.73 Å². The molecule has 1 nitrogen and oxygen atoms in total. The van der Waals surface area contributed by atoms with Crippen molar-refractivity contribution in [3.05, 3.63) is 53.6 Å². The van der Waals surface area contributed by atoms with Gasteiger partial charge in [-0.3, -0.25) is 0 Å². The van der Waals surface area contributed by atoms with E-state index in [4.69, 9.17) is 5.73 Å². The van der Waals surface area contributed by atoms with E-state index >= 15 is 0 Å². The first kappa shape index (κ1) is 14.4. The Bertz CT molecular complexity index is 615. The van der Waals surface area contributed by atoms with Crippen molar-refractivity contribution in [2.75, 3.05) is 5.73 Å². The number of nitrogens with two attached hydrogens (primary N) is 1. The molecule has 4 heteroatoms. The van der Waals surface area contributed by atoms with Gasteiger partial charge in [0, 0.05) is 5.69 Å². The molecule has 0 saturated carbocycles. The van der Waals surface area contributed by atoms with Gasteiger partial charge in [-0.2, -0.15) is 13.2 Å². The number of benzene rings is 2. The van der Waals surface area contributed by atoms with Gasteiger partial charge >= 0.3 is 6.18 Å². The lowest BCUT2D eigenvalue weighted by Gasteiger charge is -2.15. The molecule has 20 heavy (non-hydrogen) atoms. The van der Waals surface area contributed by atoms with E-state index in [-0.39, 0.29) is 11.6 Å². The average Bonchev–Trinajstić information content (AvgIpc) is 2.37. The number of alkyl halides is 3. The molecule has 2 aromatic rings. The van der Waals surface area contributed by atoms with Crippen LogP contribution in [0.2, 0.25) is 0 Å². The van der Waals surface area contributed by atoms with Crippen LogP contribution in [0, 0.1) is 0 Å². The first-order valence-corrected chi connectivity index (χ1v) is 6.36. The zero-order valence-corrected chi connectivity index (χ0v) is 11.3. The van der Waals surface area contributed by atoms with Crippen LogP contribution in [0.4, 0.5) is 18.9 Å². The average molecular weight is 279 g/mol. The van der Waals surface area contributed by atoms with Gasteiger partial charge in [-0.25, -0.2) is 0 Å². The van der Waals surface area contributed by atoms with Crippen molar-refractivity contribution >= 4 is 5.69 Å². The summed E-state index contributed by atoms with van der Waals surface area (Å²) in [5, 5.41) is 0. The van der Waals surface area contributed by atoms with Crippen molar-refractivity contribution in [3.8, 4) is 11.1 Å². The number of halogens is 3. The highest BCUT2D eigenvalue weighted by Crippen LogP contribution is 2.36. The maximum Gasteiger partial charge on any atom is 0.416 e. The molecule has 0 aliphatic rings. The lowest BCUT2D eigenvalue weighted by Crippen LogP contribution is -2.06. The number of nitrogen functional groups attached to an aromatic ring is 1.